The summed E-state index contributed by atoms with van der Waals surface area (Å²) in [6, 6.07) is 5.68. The number of terminal acetylenes is 1. The van der Waals surface area contributed by atoms with Crippen molar-refractivity contribution in [3.63, 3.8) is 0 Å². The van der Waals surface area contributed by atoms with E-state index in [2.05, 4.69) is 10.9 Å². The Hall–Kier alpha value is -3.07. The maximum Gasteiger partial charge on any atom is 0.254 e. The average molecular weight is 341 g/mol. The second-order valence-electron chi connectivity index (χ2n) is 5.75. The molecule has 2 N–H and O–H groups in total. The van der Waals surface area contributed by atoms with Crippen molar-refractivity contribution in [2.75, 3.05) is 19.3 Å². The molecule has 2 rings (SSSR count). The Morgan fingerprint density at radius 2 is 2.20 bits per heavy atom. The van der Waals surface area contributed by atoms with Crippen LogP contribution in [0, 0.1) is 25.1 Å². The second kappa shape index (κ2) is 7.67. The molecule has 6 heteroatoms. The molecule has 0 saturated carbocycles. The molecular weight excluding hydrogens is 321 g/mol. The fraction of sp³-hybridized carbons (Fsp3) is 0.263. The molecule has 0 radical (unpaired) electrons. The van der Waals surface area contributed by atoms with Crippen LogP contribution in [-0.2, 0) is 0 Å². The van der Waals surface area contributed by atoms with Crippen molar-refractivity contribution in [2.45, 2.75) is 20.0 Å². The molecule has 1 unspecified atom stereocenters. The first kappa shape index (κ1) is 18.3. The number of hydrogen-bond donors (Lipinski definition) is 1. The minimum atomic E-state index is -0.611. The van der Waals surface area contributed by atoms with Gasteiger partial charge in [0, 0.05) is 24.4 Å². The van der Waals surface area contributed by atoms with Crippen molar-refractivity contribution in [2.24, 2.45) is 0 Å². The number of anilines is 1. The highest BCUT2D eigenvalue weighted by Crippen LogP contribution is 2.29. The summed E-state index contributed by atoms with van der Waals surface area (Å²) in [5.74, 6) is 2.25. The summed E-state index contributed by atoms with van der Waals surface area (Å²) < 4.78 is 19.6. The minimum absolute atomic E-state index is 0.152. The lowest BCUT2D eigenvalue weighted by molar-refractivity contribution is 0.0807. The van der Waals surface area contributed by atoms with E-state index in [0.29, 0.717) is 16.9 Å². The molecule has 2 aromatic rings. The van der Waals surface area contributed by atoms with Crippen LogP contribution in [0.25, 0.3) is 0 Å². The number of nitrogen functional groups attached to an aromatic ring is 1. The molecule has 0 saturated heterocycles. The summed E-state index contributed by atoms with van der Waals surface area (Å²) in [7, 11) is 1.59. The van der Waals surface area contributed by atoms with Crippen molar-refractivity contribution in [1.29, 1.82) is 0 Å². The fourth-order valence-corrected chi connectivity index (χ4v) is 2.38. The van der Waals surface area contributed by atoms with Gasteiger partial charge in [0.25, 0.3) is 5.91 Å². The maximum absolute atomic E-state index is 13.8. The molecular formula is C19H20FN3O2. The number of nitrogens with two attached hydrogens (primary N) is 1. The molecule has 25 heavy (non-hydrogen) atoms. The average Bonchev–Trinajstić information content (AvgIpc) is 2.57. The molecule has 0 aliphatic heterocycles. The van der Waals surface area contributed by atoms with Crippen molar-refractivity contribution in [1.82, 2.24) is 9.88 Å². The van der Waals surface area contributed by atoms with Gasteiger partial charge < -0.3 is 15.4 Å². The lowest BCUT2D eigenvalue weighted by atomic mass is 10.0. The van der Waals surface area contributed by atoms with Gasteiger partial charge in [0.05, 0.1) is 6.54 Å². The van der Waals surface area contributed by atoms with E-state index in [9.17, 15) is 9.18 Å². The minimum Gasteiger partial charge on any atom is -0.482 e. The van der Waals surface area contributed by atoms with Crippen LogP contribution in [0.2, 0.25) is 0 Å². The largest absolute Gasteiger partial charge is 0.482 e. The topological polar surface area (TPSA) is 68.5 Å². The summed E-state index contributed by atoms with van der Waals surface area (Å²) in [5, 5.41) is 0. The summed E-state index contributed by atoms with van der Waals surface area (Å²) in [5.41, 5.74) is 7.44. The lowest BCUT2D eigenvalue weighted by Crippen LogP contribution is -2.28. The Morgan fingerprint density at radius 3 is 2.88 bits per heavy atom. The Kier molecular flexibility index (Phi) is 5.60. The highest BCUT2D eigenvalue weighted by atomic mass is 19.1. The van der Waals surface area contributed by atoms with Gasteiger partial charge >= 0.3 is 0 Å². The van der Waals surface area contributed by atoms with E-state index >= 15 is 0 Å². The summed E-state index contributed by atoms with van der Waals surface area (Å²) in [6.45, 7) is 3.73. The Bertz CT molecular complexity index is 830. The molecule has 1 aromatic carbocycles. The number of halogens is 1. The van der Waals surface area contributed by atoms with Gasteiger partial charge in [0.15, 0.2) is 11.6 Å². The van der Waals surface area contributed by atoms with E-state index in [1.54, 1.807) is 26.2 Å². The lowest BCUT2D eigenvalue weighted by Gasteiger charge is -2.21. The third-order valence-corrected chi connectivity index (χ3v) is 3.68. The van der Waals surface area contributed by atoms with E-state index in [0.717, 1.165) is 5.56 Å². The zero-order valence-electron chi connectivity index (χ0n) is 14.4. The van der Waals surface area contributed by atoms with Crippen molar-refractivity contribution < 1.29 is 13.9 Å². The second-order valence-corrected chi connectivity index (χ2v) is 5.75. The van der Waals surface area contributed by atoms with Gasteiger partial charge in [-0.2, -0.15) is 0 Å². The van der Waals surface area contributed by atoms with Gasteiger partial charge in [-0.1, -0.05) is 5.92 Å². The van der Waals surface area contributed by atoms with Gasteiger partial charge in [-0.3, -0.25) is 4.79 Å². The van der Waals surface area contributed by atoms with E-state index in [4.69, 9.17) is 16.9 Å². The number of ether oxygens (including phenoxy) is 1. The Balaban J connectivity index is 2.37. The molecule has 0 bridgehead atoms. The van der Waals surface area contributed by atoms with Crippen LogP contribution in [0.15, 0.2) is 30.5 Å². The molecule has 1 amide bonds. The van der Waals surface area contributed by atoms with Crippen molar-refractivity contribution in [3.05, 3.63) is 53.0 Å². The molecule has 1 aromatic heterocycles. The molecule has 130 valence electrons. The number of amides is 1. The molecule has 0 aliphatic rings. The number of aryl methyl sites for hydroxylation is 1. The standard InChI is InChI=1S/C19H20FN3O2/c1-5-8-23(4)19(24)15-7-6-14(20)10-16(15)13(3)25-17-9-12(2)11-22-18(17)21/h1,6-7,9-11,13H,8H2,2-4H3,(H2,21,22). The van der Waals surface area contributed by atoms with Crippen molar-refractivity contribution >= 4 is 11.7 Å². The first-order valence-corrected chi connectivity index (χ1v) is 7.70. The third-order valence-electron chi connectivity index (χ3n) is 3.68. The van der Waals surface area contributed by atoms with Gasteiger partial charge in [-0.15, -0.1) is 6.42 Å². The number of pyridine rings is 1. The van der Waals surface area contributed by atoms with Crippen LogP contribution in [0.1, 0.15) is 34.5 Å². The smallest absolute Gasteiger partial charge is 0.254 e. The summed E-state index contributed by atoms with van der Waals surface area (Å²) in [6.07, 6.45) is 6.26. The number of aromatic nitrogens is 1. The fourth-order valence-electron chi connectivity index (χ4n) is 2.38. The molecule has 1 heterocycles. The number of rotatable bonds is 5. The third kappa shape index (κ3) is 4.27. The zero-order chi connectivity index (χ0) is 18.6. The SMILES string of the molecule is C#CCN(C)C(=O)c1ccc(F)cc1C(C)Oc1cc(C)cnc1N. The van der Waals surface area contributed by atoms with Crippen molar-refractivity contribution in [3.8, 4) is 18.1 Å². The predicted octanol–water partition coefficient (Wildman–Crippen LogP) is 2.96. The molecule has 0 fully saturated rings. The van der Waals surface area contributed by atoms with Crippen LogP contribution in [0.4, 0.5) is 10.2 Å². The molecule has 5 nitrogen and oxygen atoms in total. The van der Waals surface area contributed by atoms with E-state index in [1.807, 2.05) is 6.92 Å². The molecule has 0 aliphatic carbocycles. The van der Waals surface area contributed by atoms with Gasteiger partial charge in [0.2, 0.25) is 0 Å². The number of carbonyl (C=O) groups excluding carboxylic acids is 1. The monoisotopic (exact) mass is 341 g/mol. The van der Waals surface area contributed by atoms with E-state index < -0.39 is 11.9 Å². The predicted molar refractivity (Wildman–Crippen MR) is 94.6 cm³/mol. The van der Waals surface area contributed by atoms with Crippen LogP contribution in [0.5, 0.6) is 5.75 Å². The zero-order valence-corrected chi connectivity index (χ0v) is 14.4. The number of hydrogen-bond acceptors (Lipinski definition) is 4. The van der Waals surface area contributed by atoms with Crippen LogP contribution >= 0.6 is 0 Å². The highest BCUT2D eigenvalue weighted by molar-refractivity contribution is 5.95. The number of carbonyl (C=O) groups is 1. The van der Waals surface area contributed by atoms with E-state index in [1.165, 1.54) is 23.1 Å². The quantitative estimate of drug-likeness (QED) is 0.849. The molecule has 0 spiro atoms. The number of benzene rings is 1. The van der Waals surface area contributed by atoms with Gasteiger partial charge in [-0.05, 0) is 43.7 Å². The van der Waals surface area contributed by atoms with Gasteiger partial charge in [0.1, 0.15) is 11.9 Å². The highest BCUT2D eigenvalue weighted by Gasteiger charge is 2.21. The summed E-state index contributed by atoms with van der Waals surface area (Å²) >= 11 is 0. The van der Waals surface area contributed by atoms with Crippen LogP contribution < -0.4 is 10.5 Å². The van der Waals surface area contributed by atoms with Gasteiger partial charge in [-0.25, -0.2) is 9.37 Å². The Labute approximate surface area is 146 Å². The summed E-state index contributed by atoms with van der Waals surface area (Å²) in [4.78, 5) is 18.0. The van der Waals surface area contributed by atoms with Crippen LogP contribution in [0.3, 0.4) is 0 Å². The first-order valence-electron chi connectivity index (χ1n) is 7.70. The maximum atomic E-state index is 13.8. The molecule has 1 atom stereocenters. The first-order chi connectivity index (χ1) is 11.8. The van der Waals surface area contributed by atoms with Crippen LogP contribution in [-0.4, -0.2) is 29.4 Å². The van der Waals surface area contributed by atoms with E-state index in [-0.39, 0.29) is 18.3 Å². The normalized spacial score (nSPS) is 11.5. The Morgan fingerprint density at radius 1 is 1.48 bits per heavy atom. The number of nitrogens with zero attached hydrogens (tertiary/aromatic N) is 2.